The number of rotatable bonds is 5. The summed E-state index contributed by atoms with van der Waals surface area (Å²) in [6.45, 7) is 3.22. The molecule has 3 heterocycles. The number of fused-ring (bicyclic) bond motifs is 1. The lowest BCUT2D eigenvalue weighted by atomic mass is 10.1. The number of para-hydroxylation sites is 1. The number of hydrogen-bond acceptors (Lipinski definition) is 6. The first-order valence-electron chi connectivity index (χ1n) is 7.86. The third-order valence-electron chi connectivity index (χ3n) is 4.22. The van der Waals surface area contributed by atoms with Gasteiger partial charge in [-0.25, -0.2) is 4.68 Å². The van der Waals surface area contributed by atoms with Crippen LogP contribution in [-0.4, -0.2) is 49.4 Å². The van der Waals surface area contributed by atoms with Crippen LogP contribution < -0.4 is 0 Å². The Bertz CT molecular complexity index is 868. The predicted molar refractivity (Wildman–Crippen MR) is 90.2 cm³/mol. The fraction of sp³-hybridized carbons (Fsp3) is 0.375. The molecule has 3 aromatic rings. The quantitative estimate of drug-likeness (QED) is 0.566. The minimum absolute atomic E-state index is 0.0645. The molecule has 24 heavy (non-hydrogen) atoms. The van der Waals surface area contributed by atoms with E-state index in [4.69, 9.17) is 4.74 Å². The molecule has 124 valence electrons. The van der Waals surface area contributed by atoms with E-state index in [9.17, 15) is 4.79 Å². The first kappa shape index (κ1) is 15.3. The van der Waals surface area contributed by atoms with Gasteiger partial charge in [-0.05, 0) is 29.8 Å². The molecular formula is C16H17N5O2S. The van der Waals surface area contributed by atoms with Crippen LogP contribution in [-0.2, 0) is 4.74 Å². The van der Waals surface area contributed by atoms with Crippen LogP contribution in [0.3, 0.4) is 0 Å². The van der Waals surface area contributed by atoms with Crippen molar-refractivity contribution < 1.29 is 9.53 Å². The summed E-state index contributed by atoms with van der Waals surface area (Å²) >= 11 is 1.39. The highest BCUT2D eigenvalue weighted by molar-refractivity contribution is 8.00. The number of aromatic nitrogens is 5. The van der Waals surface area contributed by atoms with E-state index in [0.29, 0.717) is 17.3 Å². The van der Waals surface area contributed by atoms with E-state index in [1.807, 2.05) is 31.2 Å². The molecule has 2 atom stereocenters. The highest BCUT2D eigenvalue weighted by Gasteiger charge is 2.26. The third kappa shape index (κ3) is 2.71. The van der Waals surface area contributed by atoms with E-state index < -0.39 is 0 Å². The van der Waals surface area contributed by atoms with Gasteiger partial charge in [0.25, 0.3) is 0 Å². The lowest BCUT2D eigenvalue weighted by Crippen LogP contribution is -2.17. The number of ketones is 1. The number of nitrogens with zero attached hydrogens (tertiary/aromatic N) is 4. The first-order valence-corrected chi connectivity index (χ1v) is 8.74. The van der Waals surface area contributed by atoms with E-state index in [-0.39, 0.29) is 17.1 Å². The number of benzene rings is 1. The molecule has 1 aliphatic rings. The molecule has 2 unspecified atom stereocenters. The predicted octanol–water partition coefficient (Wildman–Crippen LogP) is 2.48. The van der Waals surface area contributed by atoms with Crippen molar-refractivity contribution in [3.63, 3.8) is 0 Å². The Labute approximate surface area is 142 Å². The van der Waals surface area contributed by atoms with Crippen molar-refractivity contribution in [1.82, 2.24) is 25.2 Å². The number of aromatic amines is 1. The zero-order valence-electron chi connectivity index (χ0n) is 13.2. The second kappa shape index (κ2) is 6.37. The van der Waals surface area contributed by atoms with E-state index in [2.05, 4.69) is 20.5 Å². The number of carbonyl (C=O) groups is 1. The zero-order valence-corrected chi connectivity index (χ0v) is 14.0. The molecule has 0 spiro atoms. The number of hydrogen-bond donors (Lipinski definition) is 1. The lowest BCUT2D eigenvalue weighted by molar-refractivity contribution is 0.0995. The van der Waals surface area contributed by atoms with Crippen molar-refractivity contribution in [2.45, 2.75) is 29.8 Å². The van der Waals surface area contributed by atoms with Crippen LogP contribution in [0.5, 0.6) is 0 Å². The molecule has 8 heteroatoms. The van der Waals surface area contributed by atoms with Crippen LogP contribution >= 0.6 is 11.8 Å². The Morgan fingerprint density at radius 3 is 3.17 bits per heavy atom. The number of tetrazole rings is 1. The largest absolute Gasteiger partial charge is 0.379 e. The van der Waals surface area contributed by atoms with Crippen LogP contribution in [0.1, 0.15) is 29.7 Å². The van der Waals surface area contributed by atoms with Gasteiger partial charge in [-0.15, -0.1) is 5.10 Å². The Kier molecular flexibility index (Phi) is 4.07. The summed E-state index contributed by atoms with van der Waals surface area (Å²) in [5.74, 6) is 0.0645. The molecule has 1 saturated heterocycles. The van der Waals surface area contributed by atoms with Crippen LogP contribution in [0.15, 0.2) is 35.6 Å². The Morgan fingerprint density at radius 2 is 2.33 bits per heavy atom. The molecular weight excluding hydrogens is 326 g/mol. The smallest absolute Gasteiger partial charge is 0.210 e. The summed E-state index contributed by atoms with van der Waals surface area (Å²) < 4.78 is 7.17. The van der Waals surface area contributed by atoms with Gasteiger partial charge in [0.05, 0.1) is 17.9 Å². The number of nitrogens with one attached hydrogen (secondary N) is 1. The highest BCUT2D eigenvalue weighted by Crippen LogP contribution is 2.29. The van der Waals surface area contributed by atoms with E-state index >= 15 is 0 Å². The third-order valence-corrected chi connectivity index (χ3v) is 5.27. The molecule has 0 saturated carbocycles. The monoisotopic (exact) mass is 343 g/mol. The number of H-pyrrole nitrogens is 1. The molecule has 0 radical (unpaired) electrons. The molecule has 4 rings (SSSR count). The average molecular weight is 343 g/mol. The summed E-state index contributed by atoms with van der Waals surface area (Å²) in [5, 5.41) is 13.2. The van der Waals surface area contributed by atoms with Crippen molar-refractivity contribution in [1.29, 1.82) is 0 Å². The summed E-state index contributed by atoms with van der Waals surface area (Å²) in [6.07, 6.45) is 2.67. The molecule has 1 aromatic carbocycles. The van der Waals surface area contributed by atoms with E-state index in [1.54, 1.807) is 10.9 Å². The van der Waals surface area contributed by atoms with E-state index in [0.717, 1.165) is 23.9 Å². The fourth-order valence-corrected chi connectivity index (χ4v) is 3.84. The first-order chi connectivity index (χ1) is 11.7. The molecule has 0 amide bonds. The topological polar surface area (TPSA) is 85.7 Å². The molecule has 1 fully saturated rings. The second-order valence-electron chi connectivity index (χ2n) is 5.80. The number of ether oxygens (including phenoxy) is 1. The molecule has 1 aliphatic heterocycles. The lowest BCUT2D eigenvalue weighted by Gasteiger charge is -2.12. The molecule has 0 aliphatic carbocycles. The SMILES string of the molecule is CC(Sc1nnnn1C1CCOC1)C(=O)c1c[nH]c2ccccc12. The average Bonchev–Trinajstić information content (AvgIpc) is 3.33. The summed E-state index contributed by atoms with van der Waals surface area (Å²) in [6, 6.07) is 7.95. The van der Waals surface area contributed by atoms with Crippen LogP contribution in [0.25, 0.3) is 10.9 Å². The van der Waals surface area contributed by atoms with Crippen molar-refractivity contribution >= 4 is 28.4 Å². The van der Waals surface area contributed by atoms with Crippen molar-refractivity contribution in [3.05, 3.63) is 36.0 Å². The molecule has 1 N–H and O–H groups in total. The molecule has 7 nitrogen and oxygen atoms in total. The van der Waals surface area contributed by atoms with Crippen LogP contribution in [0.2, 0.25) is 0 Å². The fourth-order valence-electron chi connectivity index (χ4n) is 2.91. The van der Waals surface area contributed by atoms with Crippen molar-refractivity contribution in [2.75, 3.05) is 13.2 Å². The Balaban J connectivity index is 1.55. The van der Waals surface area contributed by atoms with Gasteiger partial charge in [0.15, 0.2) is 5.78 Å². The normalized spacial score (nSPS) is 19.0. The van der Waals surface area contributed by atoms with Crippen LogP contribution in [0, 0.1) is 0 Å². The molecule has 0 bridgehead atoms. The van der Waals surface area contributed by atoms with E-state index in [1.165, 1.54) is 11.8 Å². The standard InChI is InChI=1S/C16H17N5O2S/c1-10(15(22)13-8-17-14-5-3-2-4-12(13)14)24-16-18-19-20-21(16)11-6-7-23-9-11/h2-5,8,10-11,17H,6-7,9H2,1H3. The van der Waals surface area contributed by atoms with Gasteiger partial charge in [0, 0.05) is 29.3 Å². The maximum Gasteiger partial charge on any atom is 0.210 e. The van der Waals surface area contributed by atoms with Crippen molar-refractivity contribution in [2.24, 2.45) is 0 Å². The van der Waals surface area contributed by atoms with Gasteiger partial charge < -0.3 is 9.72 Å². The van der Waals surface area contributed by atoms with Gasteiger partial charge in [0.1, 0.15) is 0 Å². The maximum atomic E-state index is 12.8. The zero-order chi connectivity index (χ0) is 16.5. The number of thioether (sulfide) groups is 1. The minimum Gasteiger partial charge on any atom is -0.379 e. The highest BCUT2D eigenvalue weighted by atomic mass is 32.2. The van der Waals surface area contributed by atoms with Gasteiger partial charge in [-0.3, -0.25) is 4.79 Å². The summed E-state index contributed by atoms with van der Waals surface area (Å²) in [5.41, 5.74) is 1.67. The number of Topliss-reactive ketones (excluding diaryl/α,β-unsaturated/α-hetero) is 1. The summed E-state index contributed by atoms with van der Waals surface area (Å²) in [4.78, 5) is 16.0. The minimum atomic E-state index is -0.281. The van der Waals surface area contributed by atoms with Gasteiger partial charge >= 0.3 is 0 Å². The molecule has 2 aromatic heterocycles. The van der Waals surface area contributed by atoms with Gasteiger partial charge in [-0.1, -0.05) is 30.0 Å². The van der Waals surface area contributed by atoms with Gasteiger partial charge in [-0.2, -0.15) is 0 Å². The van der Waals surface area contributed by atoms with Crippen LogP contribution in [0.4, 0.5) is 0 Å². The number of carbonyl (C=O) groups excluding carboxylic acids is 1. The maximum absolute atomic E-state index is 12.8. The Hall–Kier alpha value is -2.19. The second-order valence-corrected chi connectivity index (χ2v) is 7.10. The Morgan fingerprint density at radius 1 is 1.46 bits per heavy atom. The van der Waals surface area contributed by atoms with Crippen molar-refractivity contribution in [3.8, 4) is 0 Å². The summed E-state index contributed by atoms with van der Waals surface area (Å²) in [7, 11) is 0. The van der Waals surface area contributed by atoms with Gasteiger partial charge in [0.2, 0.25) is 5.16 Å².